The highest BCUT2D eigenvalue weighted by Crippen LogP contribution is 2.20. The maximum Gasteiger partial charge on any atom is 0.128 e. The van der Waals surface area contributed by atoms with Crippen molar-refractivity contribution in [3.05, 3.63) is 23.9 Å². The standard InChI is InChI=1S/C15H26N2O2/c1-5-14(6-2)17(9-10-19-4)15-8-7-13(11-16-15)12(3)18/h7-8,11-12,14,18H,5-6,9-10H2,1-4H3/t12-/m0/s1. The third kappa shape index (κ3) is 4.48. The van der Waals surface area contributed by atoms with Crippen molar-refractivity contribution in [3.63, 3.8) is 0 Å². The molecule has 1 N–H and O–H groups in total. The van der Waals surface area contributed by atoms with E-state index in [4.69, 9.17) is 4.74 Å². The first-order valence-corrected chi connectivity index (χ1v) is 7.03. The lowest BCUT2D eigenvalue weighted by Gasteiger charge is -2.31. The molecule has 0 fully saturated rings. The van der Waals surface area contributed by atoms with Gasteiger partial charge in [-0.3, -0.25) is 0 Å². The Kier molecular flexibility index (Phi) is 6.81. The first kappa shape index (κ1) is 15.9. The molecule has 19 heavy (non-hydrogen) atoms. The summed E-state index contributed by atoms with van der Waals surface area (Å²) in [5.41, 5.74) is 0.847. The number of methoxy groups -OCH3 is 1. The van der Waals surface area contributed by atoms with Crippen LogP contribution in [0.5, 0.6) is 0 Å². The van der Waals surface area contributed by atoms with Gasteiger partial charge >= 0.3 is 0 Å². The molecule has 0 radical (unpaired) electrons. The van der Waals surface area contributed by atoms with Crippen LogP contribution in [-0.2, 0) is 4.74 Å². The smallest absolute Gasteiger partial charge is 0.128 e. The van der Waals surface area contributed by atoms with Gasteiger partial charge in [-0.05, 0) is 31.4 Å². The lowest BCUT2D eigenvalue weighted by Crippen LogP contribution is -2.37. The molecule has 0 aliphatic carbocycles. The molecule has 1 atom stereocenters. The molecule has 0 saturated carbocycles. The Hall–Kier alpha value is -1.13. The summed E-state index contributed by atoms with van der Waals surface area (Å²) >= 11 is 0. The van der Waals surface area contributed by atoms with Crippen LogP contribution in [0, 0.1) is 0 Å². The van der Waals surface area contributed by atoms with Gasteiger partial charge in [0.2, 0.25) is 0 Å². The van der Waals surface area contributed by atoms with Gasteiger partial charge in [-0.25, -0.2) is 4.98 Å². The van der Waals surface area contributed by atoms with Crippen molar-refractivity contribution in [2.75, 3.05) is 25.2 Å². The lowest BCUT2D eigenvalue weighted by atomic mass is 10.1. The largest absolute Gasteiger partial charge is 0.389 e. The van der Waals surface area contributed by atoms with E-state index < -0.39 is 6.10 Å². The van der Waals surface area contributed by atoms with Crippen molar-refractivity contribution >= 4 is 5.82 Å². The SMILES string of the molecule is CCC(CC)N(CCOC)c1ccc([C@H](C)O)cn1. The van der Waals surface area contributed by atoms with Crippen molar-refractivity contribution < 1.29 is 9.84 Å². The second kappa shape index (κ2) is 8.12. The number of anilines is 1. The van der Waals surface area contributed by atoms with Crippen LogP contribution in [0.2, 0.25) is 0 Å². The number of aromatic nitrogens is 1. The molecule has 0 amide bonds. The second-order valence-corrected chi connectivity index (χ2v) is 4.78. The zero-order chi connectivity index (χ0) is 14.3. The number of pyridine rings is 1. The monoisotopic (exact) mass is 266 g/mol. The summed E-state index contributed by atoms with van der Waals surface area (Å²) in [7, 11) is 1.72. The van der Waals surface area contributed by atoms with Gasteiger partial charge in [0.15, 0.2) is 0 Å². The number of hydrogen-bond acceptors (Lipinski definition) is 4. The Balaban J connectivity index is 2.89. The predicted molar refractivity (Wildman–Crippen MR) is 78.5 cm³/mol. The van der Waals surface area contributed by atoms with Gasteiger partial charge in [0, 0.05) is 25.9 Å². The van der Waals surface area contributed by atoms with E-state index in [9.17, 15) is 5.11 Å². The van der Waals surface area contributed by atoms with E-state index in [-0.39, 0.29) is 0 Å². The van der Waals surface area contributed by atoms with E-state index in [1.165, 1.54) is 0 Å². The molecule has 0 spiro atoms. The molecule has 108 valence electrons. The summed E-state index contributed by atoms with van der Waals surface area (Å²) < 4.78 is 5.19. The number of rotatable bonds is 8. The lowest BCUT2D eigenvalue weighted by molar-refractivity contribution is 0.198. The normalized spacial score (nSPS) is 12.7. The van der Waals surface area contributed by atoms with Crippen LogP contribution in [0.3, 0.4) is 0 Å². The molecular weight excluding hydrogens is 240 g/mol. The molecule has 0 unspecified atom stereocenters. The molecule has 1 aromatic heterocycles. The molecule has 0 aliphatic rings. The fourth-order valence-corrected chi connectivity index (χ4v) is 2.22. The molecule has 1 rings (SSSR count). The number of aliphatic hydroxyl groups is 1. The van der Waals surface area contributed by atoms with E-state index in [2.05, 4.69) is 23.7 Å². The van der Waals surface area contributed by atoms with Crippen LogP contribution >= 0.6 is 0 Å². The Labute approximate surface area is 116 Å². The summed E-state index contributed by atoms with van der Waals surface area (Å²) in [6, 6.07) is 4.39. The molecule has 0 bridgehead atoms. The third-order valence-corrected chi connectivity index (χ3v) is 3.47. The summed E-state index contributed by atoms with van der Waals surface area (Å²) in [6.45, 7) is 7.66. The van der Waals surface area contributed by atoms with Crippen LogP contribution in [0.1, 0.15) is 45.3 Å². The number of nitrogens with zero attached hydrogens (tertiary/aromatic N) is 2. The Bertz CT molecular complexity index is 348. The van der Waals surface area contributed by atoms with Crippen molar-refractivity contribution in [2.24, 2.45) is 0 Å². The number of hydrogen-bond donors (Lipinski definition) is 1. The highest BCUT2D eigenvalue weighted by atomic mass is 16.5. The van der Waals surface area contributed by atoms with E-state index in [1.54, 1.807) is 20.2 Å². The Morgan fingerprint density at radius 3 is 2.42 bits per heavy atom. The molecular formula is C15H26N2O2. The first-order chi connectivity index (χ1) is 9.13. The van der Waals surface area contributed by atoms with Crippen LogP contribution in [-0.4, -0.2) is 36.4 Å². The average molecular weight is 266 g/mol. The van der Waals surface area contributed by atoms with Gasteiger partial charge in [0.05, 0.1) is 12.7 Å². The van der Waals surface area contributed by atoms with E-state index in [0.29, 0.717) is 12.6 Å². The van der Waals surface area contributed by atoms with Crippen LogP contribution < -0.4 is 4.90 Å². The van der Waals surface area contributed by atoms with Crippen LogP contribution in [0.15, 0.2) is 18.3 Å². The average Bonchev–Trinajstić information content (AvgIpc) is 2.43. The van der Waals surface area contributed by atoms with E-state index >= 15 is 0 Å². The number of ether oxygens (including phenoxy) is 1. The van der Waals surface area contributed by atoms with Crippen molar-refractivity contribution in [1.82, 2.24) is 4.98 Å². The maximum atomic E-state index is 9.52. The van der Waals surface area contributed by atoms with Crippen molar-refractivity contribution in [1.29, 1.82) is 0 Å². The van der Waals surface area contributed by atoms with E-state index in [1.807, 2.05) is 12.1 Å². The molecule has 1 heterocycles. The summed E-state index contributed by atoms with van der Waals surface area (Å²) in [6.07, 6.45) is 3.45. The fourth-order valence-electron chi connectivity index (χ4n) is 2.22. The second-order valence-electron chi connectivity index (χ2n) is 4.78. The quantitative estimate of drug-likeness (QED) is 0.786. The van der Waals surface area contributed by atoms with Gasteiger partial charge in [-0.15, -0.1) is 0 Å². The van der Waals surface area contributed by atoms with E-state index in [0.717, 1.165) is 30.8 Å². The highest BCUT2D eigenvalue weighted by molar-refractivity contribution is 5.41. The topological polar surface area (TPSA) is 45.6 Å². The predicted octanol–water partition coefficient (Wildman–Crippen LogP) is 2.78. The number of aliphatic hydroxyl groups excluding tert-OH is 1. The van der Waals surface area contributed by atoms with Gasteiger partial charge in [0.1, 0.15) is 5.82 Å². The zero-order valence-corrected chi connectivity index (χ0v) is 12.5. The Morgan fingerprint density at radius 1 is 1.32 bits per heavy atom. The molecule has 0 aromatic carbocycles. The molecule has 0 aliphatic heterocycles. The molecule has 4 heteroatoms. The Morgan fingerprint density at radius 2 is 2.00 bits per heavy atom. The molecule has 4 nitrogen and oxygen atoms in total. The van der Waals surface area contributed by atoms with Gasteiger partial charge in [-0.2, -0.15) is 0 Å². The van der Waals surface area contributed by atoms with Crippen molar-refractivity contribution in [2.45, 2.75) is 45.8 Å². The minimum Gasteiger partial charge on any atom is -0.389 e. The highest BCUT2D eigenvalue weighted by Gasteiger charge is 2.16. The van der Waals surface area contributed by atoms with Gasteiger partial charge < -0.3 is 14.7 Å². The fraction of sp³-hybridized carbons (Fsp3) is 0.667. The van der Waals surface area contributed by atoms with Gasteiger partial charge in [0.25, 0.3) is 0 Å². The summed E-state index contributed by atoms with van der Waals surface area (Å²) in [5, 5.41) is 9.52. The summed E-state index contributed by atoms with van der Waals surface area (Å²) in [5.74, 6) is 0.954. The van der Waals surface area contributed by atoms with Gasteiger partial charge in [-0.1, -0.05) is 19.9 Å². The molecule has 0 saturated heterocycles. The zero-order valence-electron chi connectivity index (χ0n) is 12.5. The maximum absolute atomic E-state index is 9.52. The summed E-state index contributed by atoms with van der Waals surface area (Å²) in [4.78, 5) is 6.77. The first-order valence-electron chi connectivity index (χ1n) is 7.03. The van der Waals surface area contributed by atoms with Crippen LogP contribution in [0.4, 0.5) is 5.82 Å². The minimum atomic E-state index is -0.470. The van der Waals surface area contributed by atoms with Crippen molar-refractivity contribution in [3.8, 4) is 0 Å². The minimum absolute atomic E-state index is 0.470. The molecule has 1 aromatic rings. The van der Waals surface area contributed by atoms with Crippen LogP contribution in [0.25, 0.3) is 0 Å². The third-order valence-electron chi connectivity index (χ3n) is 3.47.